The lowest BCUT2D eigenvalue weighted by Crippen LogP contribution is -2.28. The average Bonchev–Trinajstić information content (AvgIpc) is 1.66. The van der Waals surface area contributed by atoms with E-state index in [1.54, 1.807) is 101 Å². The quantitative estimate of drug-likeness (QED) is 0.0141. The normalized spacial score (nSPS) is 13.4. The number of alkyl halides is 13. The molecule has 5 N–H and O–H groups in total. The number of nitrogens with zero attached hydrogens (tertiary/aromatic N) is 4. The summed E-state index contributed by atoms with van der Waals surface area (Å²) < 4.78 is 180. The van der Waals surface area contributed by atoms with E-state index >= 15 is 0 Å². The van der Waals surface area contributed by atoms with Crippen LogP contribution in [0.5, 0.6) is 34.5 Å². The van der Waals surface area contributed by atoms with Crippen LogP contribution in [0.3, 0.4) is 0 Å². The van der Waals surface area contributed by atoms with Crippen LogP contribution < -0.4 is 34.2 Å². The van der Waals surface area contributed by atoms with Gasteiger partial charge in [0.2, 0.25) is 0 Å². The molecule has 2 heterocycles. The number of carbonyl (C=O) groups is 3. The van der Waals surface area contributed by atoms with Gasteiger partial charge in [-0.25, -0.2) is 0 Å². The van der Waals surface area contributed by atoms with Crippen LogP contribution in [-0.4, -0.2) is 111 Å². The van der Waals surface area contributed by atoms with Crippen molar-refractivity contribution in [3.8, 4) is 46.6 Å². The molecule has 0 fully saturated rings. The van der Waals surface area contributed by atoms with Crippen molar-refractivity contribution in [3.63, 3.8) is 0 Å². The number of hydrogen-bond donors (Lipinski definition) is 4. The molecule has 0 saturated carbocycles. The summed E-state index contributed by atoms with van der Waals surface area (Å²) in [5.74, 6) is -0.127. The SMILES string of the molecule is C[Si](C)(C)OC(CC#N)c1ccccc1OC(F)F.N#CCC(O)c1ccccc1OC(F)F.NCCC(O)c1ccccc1OC(F)F.O=C1c2ccc(Br)cc2CN1CCC(Br)c1ccccc1OC(F)F.O=C1c2ccc(Br)cc2CN1CCC(O)c1ccccc1OC(F)F.O=Cc1ccccc1OC(F)F. The highest BCUT2D eigenvalue weighted by Crippen LogP contribution is 2.38. The summed E-state index contributed by atoms with van der Waals surface area (Å²) in [6, 6.07) is 51.9. The smallest absolute Gasteiger partial charge is 0.387 e. The van der Waals surface area contributed by atoms with Crippen molar-refractivity contribution in [3.05, 3.63) is 247 Å². The van der Waals surface area contributed by atoms with Crippen LogP contribution in [0.15, 0.2) is 191 Å². The van der Waals surface area contributed by atoms with Gasteiger partial charge in [-0.3, -0.25) is 14.4 Å². The first-order valence-electron chi connectivity index (χ1n) is 33.4. The number of para-hydroxylation sites is 6. The van der Waals surface area contributed by atoms with Gasteiger partial charge in [0.1, 0.15) is 34.5 Å². The molecule has 0 radical (unpaired) electrons. The minimum atomic E-state index is -2.96. The monoisotopic (exact) mass is 1770 g/mol. The maximum absolute atomic E-state index is 12.5. The summed E-state index contributed by atoms with van der Waals surface area (Å²) in [6.45, 7) is -9.37. The number of aldehydes is 1. The number of halogens is 15. The van der Waals surface area contributed by atoms with Crippen molar-refractivity contribution in [2.45, 2.75) is 134 Å². The van der Waals surface area contributed by atoms with Gasteiger partial charge in [0, 0.05) is 78.9 Å². The van der Waals surface area contributed by atoms with Gasteiger partial charge in [0.05, 0.1) is 55.0 Å². The molecule has 8 aromatic rings. The van der Waals surface area contributed by atoms with Crippen molar-refractivity contribution in [2.75, 3.05) is 19.6 Å². The average molecular weight is 1780 g/mol. The Kier molecular flexibility index (Phi) is 39.3. The number of benzene rings is 8. The number of amides is 2. The van der Waals surface area contributed by atoms with Crippen LogP contribution in [0, 0.1) is 22.7 Å². The van der Waals surface area contributed by atoms with Gasteiger partial charge in [-0.1, -0.05) is 151 Å². The number of fused-ring (bicyclic) bond motifs is 2. The van der Waals surface area contributed by atoms with Crippen molar-refractivity contribution in [2.24, 2.45) is 5.73 Å². The molecular weight excluding hydrogens is 1700 g/mol. The number of aliphatic hydroxyl groups excluding tert-OH is 3. The van der Waals surface area contributed by atoms with E-state index < -0.39 is 72.4 Å². The van der Waals surface area contributed by atoms with Gasteiger partial charge in [0.25, 0.3) is 11.8 Å². The van der Waals surface area contributed by atoms with Crippen LogP contribution in [0.1, 0.15) is 131 Å². The Hall–Kier alpha value is -9.23. The van der Waals surface area contributed by atoms with E-state index in [1.165, 1.54) is 66.7 Å². The van der Waals surface area contributed by atoms with E-state index in [-0.39, 0.29) is 93.6 Å². The number of hydrogen-bond acceptors (Lipinski definition) is 16. The largest absolute Gasteiger partial charge is 0.435 e. The highest BCUT2D eigenvalue weighted by atomic mass is 79.9. The molecular formula is C77H76Br3F12N5O13Si. The van der Waals surface area contributed by atoms with Gasteiger partial charge in [-0.05, 0) is 135 Å². The Morgan fingerprint density at radius 2 is 0.784 bits per heavy atom. The van der Waals surface area contributed by atoms with Gasteiger partial charge in [-0.15, -0.1) is 0 Å². The first kappa shape index (κ1) is 92.4. The van der Waals surface area contributed by atoms with E-state index in [9.17, 15) is 82.4 Å². The standard InChI is InChI=1S/C18H15Br2F2NO2.C18H16BrF2NO3.C13H17F2NO2Si.C10H13F2NO2.C10H9F2NO2.C8H6F2O2/c19-12-5-6-13-11(9-12)10-23(17(13)24)8-7-15(20)14-3-1-2-4-16(14)25-18(21)22;19-12-5-6-13-11(9-12)10-22(17(13)24)8-7-15(23)14-3-1-2-4-16(14)25-18(20)21;1-19(2,3)18-12(8-9-16)10-6-4-5-7-11(10)17-13(14)15;2*11-10(12)15-9-4-2-1-3-7(9)8(14)5-6-13;9-8(10)12-7-4-2-1-3-6(7)5-11/h1-6,9,15,18H,7-8,10H2;1-6,9,15,18,23H,7-8,10H2;4-7,12-13H,8H2,1-3H3;1-4,8,10,14H,5-6,13H2;1-4,8,10,14H,5H2;1-5,8H. The third-order valence-corrected chi connectivity index (χ3v) is 18.3. The maximum atomic E-state index is 12.5. The molecule has 2 aliphatic heterocycles. The number of rotatable bonds is 30. The number of aliphatic hydroxyl groups is 3. The second kappa shape index (κ2) is 47.2. The van der Waals surface area contributed by atoms with E-state index in [2.05, 4.69) is 76.2 Å². The zero-order valence-corrected chi connectivity index (χ0v) is 65.0. The molecule has 2 aliphatic rings. The highest BCUT2D eigenvalue weighted by Gasteiger charge is 2.31. The first-order chi connectivity index (χ1) is 52.8. The molecule has 111 heavy (non-hydrogen) atoms. The van der Waals surface area contributed by atoms with Crippen LogP contribution >= 0.6 is 47.8 Å². The molecule has 8 aromatic carbocycles. The van der Waals surface area contributed by atoms with Gasteiger partial charge in [-0.2, -0.15) is 63.2 Å². The Bertz CT molecular complexity index is 4190. The lowest BCUT2D eigenvalue weighted by atomic mass is 10.1. The summed E-state index contributed by atoms with van der Waals surface area (Å²) in [4.78, 5) is 38.3. The van der Waals surface area contributed by atoms with Crippen LogP contribution in [-0.2, 0) is 17.5 Å². The Morgan fingerprint density at radius 3 is 1.16 bits per heavy atom. The first-order valence-corrected chi connectivity index (χ1v) is 39.3. The summed E-state index contributed by atoms with van der Waals surface area (Å²) in [6.07, 6.45) is -1.98. The van der Waals surface area contributed by atoms with Crippen LogP contribution in [0.25, 0.3) is 0 Å². The van der Waals surface area contributed by atoms with Gasteiger partial charge in [0.15, 0.2) is 14.6 Å². The number of carbonyl (C=O) groups excluding carboxylic acids is 3. The number of nitrogens with two attached hydrogens (primary N) is 1. The molecule has 5 atom stereocenters. The fourth-order valence-electron chi connectivity index (χ4n) is 10.7. The molecule has 0 saturated heterocycles. The van der Waals surface area contributed by atoms with E-state index in [4.69, 9.17) is 20.7 Å². The summed E-state index contributed by atoms with van der Waals surface area (Å²) in [7, 11) is -1.90. The van der Waals surface area contributed by atoms with Crippen molar-refractivity contribution in [1.29, 1.82) is 10.5 Å². The molecule has 5 unspecified atom stereocenters. The highest BCUT2D eigenvalue weighted by molar-refractivity contribution is 9.10. The molecule has 10 rings (SSSR count). The molecule has 0 aliphatic carbocycles. The van der Waals surface area contributed by atoms with Crippen LogP contribution in [0.4, 0.5) is 52.7 Å². The molecule has 0 spiro atoms. The lowest BCUT2D eigenvalue weighted by Gasteiger charge is -2.26. The van der Waals surface area contributed by atoms with Gasteiger partial charge < -0.3 is 63.7 Å². The summed E-state index contributed by atoms with van der Waals surface area (Å²) in [5, 5.41) is 46.7. The van der Waals surface area contributed by atoms with E-state index in [1.807, 2.05) is 56.0 Å². The minimum Gasteiger partial charge on any atom is -0.435 e. The number of nitriles is 2. The lowest BCUT2D eigenvalue weighted by molar-refractivity contribution is -0.0523. The third-order valence-electron chi connectivity index (χ3n) is 15.4. The molecule has 18 nitrogen and oxygen atoms in total. The molecule has 596 valence electrons. The predicted molar refractivity (Wildman–Crippen MR) is 399 cm³/mol. The zero-order chi connectivity index (χ0) is 81.9. The molecule has 2 amide bonds. The Labute approximate surface area is 658 Å². The summed E-state index contributed by atoms with van der Waals surface area (Å²) in [5.41, 5.74) is 10.6. The number of ether oxygens (including phenoxy) is 6. The Morgan fingerprint density at radius 1 is 0.459 bits per heavy atom. The van der Waals surface area contributed by atoms with E-state index in [0.29, 0.717) is 67.6 Å². The van der Waals surface area contributed by atoms with Gasteiger partial charge >= 0.3 is 39.7 Å². The second-order valence-corrected chi connectivity index (χ2v) is 31.7. The zero-order valence-electron chi connectivity index (χ0n) is 59.3. The fraction of sp³-hybridized carbons (Fsp3) is 0.312. The van der Waals surface area contributed by atoms with Crippen molar-refractivity contribution in [1.82, 2.24) is 9.80 Å². The van der Waals surface area contributed by atoms with Crippen molar-refractivity contribution < 1.29 is 115 Å². The molecule has 34 heteroatoms. The topological polar surface area (TPSA) is 257 Å². The molecule has 0 aromatic heterocycles. The predicted octanol–water partition coefficient (Wildman–Crippen LogP) is 19.8. The van der Waals surface area contributed by atoms with E-state index in [0.717, 1.165) is 25.6 Å². The van der Waals surface area contributed by atoms with Crippen molar-refractivity contribution >= 4 is 74.2 Å². The minimum absolute atomic E-state index is 0.000634. The molecule has 0 bridgehead atoms. The third kappa shape index (κ3) is 31.5. The van der Waals surface area contributed by atoms with Crippen LogP contribution in [0.2, 0.25) is 19.6 Å². The maximum Gasteiger partial charge on any atom is 0.387 e. The second-order valence-electron chi connectivity index (χ2n) is 24.3. The summed E-state index contributed by atoms with van der Waals surface area (Å²) >= 11 is 10.3. The fourth-order valence-corrected chi connectivity index (χ4v) is 13.2. The Balaban J connectivity index is 0.000000243.